The molecule has 3 nitrogen and oxygen atoms in total. The highest BCUT2D eigenvalue weighted by Gasteiger charge is 2.13. The molecule has 0 spiro atoms. The van der Waals surface area contributed by atoms with Gasteiger partial charge in [-0.25, -0.2) is 0 Å². The van der Waals surface area contributed by atoms with E-state index in [1.165, 1.54) is 20.0 Å². The first-order valence-corrected chi connectivity index (χ1v) is 6.48. The van der Waals surface area contributed by atoms with Crippen LogP contribution in [-0.4, -0.2) is 26.3 Å². The Labute approximate surface area is 106 Å². The minimum atomic E-state index is -0.130. The van der Waals surface area contributed by atoms with Gasteiger partial charge in [-0.05, 0) is 31.1 Å². The lowest BCUT2D eigenvalue weighted by Crippen LogP contribution is -2.13. The predicted molar refractivity (Wildman–Crippen MR) is 70.0 cm³/mol. The first-order valence-electron chi connectivity index (χ1n) is 6.48. The Morgan fingerprint density at radius 3 is 2.18 bits per heavy atom. The zero-order valence-corrected chi connectivity index (χ0v) is 12.0. The number of carbonyl (C=O) groups excluding carboxylic acids is 1. The average molecular weight is 244 g/mol. The van der Waals surface area contributed by atoms with E-state index in [-0.39, 0.29) is 12.1 Å². The van der Waals surface area contributed by atoms with Crippen LogP contribution in [0.4, 0.5) is 0 Å². The van der Waals surface area contributed by atoms with Gasteiger partial charge in [-0.15, -0.1) is 0 Å². The van der Waals surface area contributed by atoms with Gasteiger partial charge in [0.05, 0.1) is 13.2 Å². The van der Waals surface area contributed by atoms with Gasteiger partial charge in [0.1, 0.15) is 0 Å². The molecule has 0 aromatic rings. The molecule has 17 heavy (non-hydrogen) atoms. The molecule has 0 heterocycles. The number of methoxy groups -OCH3 is 2. The number of ether oxygens (including phenoxy) is 2. The van der Waals surface area contributed by atoms with E-state index in [1.54, 1.807) is 7.11 Å². The lowest BCUT2D eigenvalue weighted by Gasteiger charge is -2.20. The van der Waals surface area contributed by atoms with Gasteiger partial charge in [0, 0.05) is 13.5 Å². The van der Waals surface area contributed by atoms with E-state index in [2.05, 4.69) is 25.5 Å². The molecule has 0 saturated heterocycles. The molecule has 0 aliphatic rings. The van der Waals surface area contributed by atoms with E-state index >= 15 is 0 Å². The maximum absolute atomic E-state index is 11.0. The first kappa shape index (κ1) is 16.4. The van der Waals surface area contributed by atoms with Crippen LogP contribution in [0.5, 0.6) is 0 Å². The molecule has 0 rings (SSSR count). The van der Waals surface area contributed by atoms with Crippen molar-refractivity contribution in [1.82, 2.24) is 0 Å². The van der Waals surface area contributed by atoms with Gasteiger partial charge < -0.3 is 9.47 Å². The summed E-state index contributed by atoms with van der Waals surface area (Å²) in [7, 11) is 3.18. The van der Waals surface area contributed by atoms with Gasteiger partial charge >= 0.3 is 5.97 Å². The van der Waals surface area contributed by atoms with Crippen LogP contribution in [0.25, 0.3) is 0 Å². The van der Waals surface area contributed by atoms with Crippen molar-refractivity contribution in [3.8, 4) is 0 Å². The van der Waals surface area contributed by atoms with Crippen LogP contribution in [0.2, 0.25) is 0 Å². The molecule has 0 aliphatic heterocycles. The van der Waals surface area contributed by atoms with E-state index in [0.717, 1.165) is 19.3 Å². The topological polar surface area (TPSA) is 35.5 Å². The minimum absolute atomic E-state index is 0.130. The molecule has 3 heteroatoms. The summed E-state index contributed by atoms with van der Waals surface area (Å²) in [6.07, 6.45) is 6.03. The fourth-order valence-electron chi connectivity index (χ4n) is 1.82. The van der Waals surface area contributed by atoms with Crippen molar-refractivity contribution in [3.05, 3.63) is 0 Å². The number of hydrogen-bond acceptors (Lipinski definition) is 3. The van der Waals surface area contributed by atoms with Crippen LogP contribution in [0, 0.1) is 5.41 Å². The summed E-state index contributed by atoms with van der Waals surface area (Å²) in [4.78, 5) is 11.0. The molecule has 0 fully saturated rings. The quantitative estimate of drug-likeness (QED) is 0.612. The second-order valence-electron chi connectivity index (χ2n) is 5.78. The highest BCUT2D eigenvalue weighted by Crippen LogP contribution is 2.23. The molecule has 0 aromatic heterocycles. The first-order chi connectivity index (χ1) is 7.89. The summed E-state index contributed by atoms with van der Waals surface area (Å²) >= 11 is 0. The SMILES string of the molecule is COC(=O)CCC[C@H](CCCC(C)(C)C)OC. The highest BCUT2D eigenvalue weighted by atomic mass is 16.5. The summed E-state index contributed by atoms with van der Waals surface area (Å²) in [5.41, 5.74) is 0.393. The van der Waals surface area contributed by atoms with Gasteiger partial charge in [0.25, 0.3) is 0 Å². The van der Waals surface area contributed by atoms with Gasteiger partial charge in [-0.2, -0.15) is 0 Å². The summed E-state index contributed by atoms with van der Waals surface area (Å²) in [5, 5.41) is 0. The maximum atomic E-state index is 11.0. The van der Waals surface area contributed by atoms with Crippen LogP contribution in [0.1, 0.15) is 59.3 Å². The van der Waals surface area contributed by atoms with Crippen LogP contribution in [-0.2, 0) is 14.3 Å². The Hall–Kier alpha value is -0.570. The van der Waals surface area contributed by atoms with Gasteiger partial charge in [-0.3, -0.25) is 4.79 Å². The standard InChI is InChI=1S/C14H28O3/c1-14(2,3)11-7-9-12(16-4)8-6-10-13(15)17-5/h12H,6-11H2,1-5H3/t12-/m1/s1. The van der Waals surface area contributed by atoms with Crippen molar-refractivity contribution in [1.29, 1.82) is 0 Å². The van der Waals surface area contributed by atoms with E-state index in [0.29, 0.717) is 11.8 Å². The molecule has 1 atom stereocenters. The van der Waals surface area contributed by atoms with Gasteiger partial charge in [0.15, 0.2) is 0 Å². The average Bonchev–Trinajstić information content (AvgIpc) is 2.25. The molecule has 0 aliphatic carbocycles. The molecule has 0 N–H and O–H groups in total. The van der Waals surface area contributed by atoms with Crippen LogP contribution in [0.15, 0.2) is 0 Å². The second kappa shape index (κ2) is 8.51. The van der Waals surface area contributed by atoms with E-state index in [1.807, 2.05) is 0 Å². The predicted octanol–water partition coefficient (Wildman–Crippen LogP) is 3.56. The van der Waals surface area contributed by atoms with E-state index < -0.39 is 0 Å². The lowest BCUT2D eigenvalue weighted by molar-refractivity contribution is -0.140. The number of carbonyl (C=O) groups is 1. The van der Waals surface area contributed by atoms with E-state index in [4.69, 9.17) is 4.74 Å². The fourth-order valence-corrected chi connectivity index (χ4v) is 1.82. The fraction of sp³-hybridized carbons (Fsp3) is 0.929. The zero-order valence-electron chi connectivity index (χ0n) is 12.0. The van der Waals surface area contributed by atoms with Crippen molar-refractivity contribution in [3.63, 3.8) is 0 Å². The van der Waals surface area contributed by atoms with Crippen molar-refractivity contribution in [2.24, 2.45) is 5.41 Å². The monoisotopic (exact) mass is 244 g/mol. The zero-order chi connectivity index (χ0) is 13.3. The Balaban J connectivity index is 3.66. The Kier molecular flexibility index (Phi) is 8.23. The molecule has 0 amide bonds. The van der Waals surface area contributed by atoms with Crippen LogP contribution < -0.4 is 0 Å². The number of esters is 1. The molecule has 0 saturated carbocycles. The van der Waals surface area contributed by atoms with Crippen molar-refractivity contribution >= 4 is 5.97 Å². The third kappa shape index (κ3) is 10.3. The Bertz CT molecular complexity index is 206. The maximum Gasteiger partial charge on any atom is 0.305 e. The van der Waals surface area contributed by atoms with Gasteiger partial charge in [0.2, 0.25) is 0 Å². The molecule has 0 radical (unpaired) electrons. The van der Waals surface area contributed by atoms with Crippen LogP contribution in [0.3, 0.4) is 0 Å². The smallest absolute Gasteiger partial charge is 0.305 e. The molecular weight excluding hydrogens is 216 g/mol. The summed E-state index contributed by atoms with van der Waals surface area (Å²) in [6.45, 7) is 6.77. The van der Waals surface area contributed by atoms with Crippen molar-refractivity contribution in [2.45, 2.75) is 65.4 Å². The molecule has 102 valence electrons. The summed E-state index contributed by atoms with van der Waals surface area (Å²) < 4.78 is 10.0. The third-order valence-corrected chi connectivity index (χ3v) is 2.92. The molecular formula is C14H28O3. The van der Waals surface area contributed by atoms with Gasteiger partial charge in [-0.1, -0.05) is 27.2 Å². The van der Waals surface area contributed by atoms with Crippen molar-refractivity contribution in [2.75, 3.05) is 14.2 Å². The number of hydrogen-bond donors (Lipinski definition) is 0. The van der Waals surface area contributed by atoms with E-state index in [9.17, 15) is 4.79 Å². The normalized spacial score (nSPS) is 13.5. The molecule has 0 bridgehead atoms. The number of rotatable bonds is 8. The minimum Gasteiger partial charge on any atom is -0.469 e. The summed E-state index contributed by atoms with van der Waals surface area (Å²) in [5.74, 6) is -0.130. The third-order valence-electron chi connectivity index (χ3n) is 2.92. The van der Waals surface area contributed by atoms with Crippen molar-refractivity contribution < 1.29 is 14.3 Å². The largest absolute Gasteiger partial charge is 0.469 e. The molecule has 0 aromatic carbocycles. The Morgan fingerprint density at radius 2 is 1.71 bits per heavy atom. The Morgan fingerprint density at radius 1 is 1.12 bits per heavy atom. The summed E-state index contributed by atoms with van der Waals surface area (Å²) in [6, 6.07) is 0. The second-order valence-corrected chi connectivity index (χ2v) is 5.78. The van der Waals surface area contributed by atoms with Crippen LogP contribution >= 0.6 is 0 Å². The highest BCUT2D eigenvalue weighted by molar-refractivity contribution is 5.68. The molecule has 0 unspecified atom stereocenters. The lowest BCUT2D eigenvalue weighted by atomic mass is 9.89.